The molecule has 0 bridgehead atoms. The molecule has 0 radical (unpaired) electrons. The first-order chi connectivity index (χ1) is 13.6. The third kappa shape index (κ3) is 4.31. The van der Waals surface area contributed by atoms with E-state index in [4.69, 9.17) is 10.00 Å². The predicted octanol–water partition coefficient (Wildman–Crippen LogP) is 3.74. The maximum Gasteiger partial charge on any atom is 0.337 e. The fraction of sp³-hybridized carbons (Fsp3) is 0.0476. The Bertz CT molecular complexity index is 1070. The normalized spacial score (nSPS) is 9.86. The molecule has 1 amide bonds. The molecule has 1 aromatic heterocycles. The minimum absolute atomic E-state index is 0.321. The minimum atomic E-state index is -0.439. The van der Waals surface area contributed by atoms with Gasteiger partial charge in [-0.2, -0.15) is 5.26 Å². The van der Waals surface area contributed by atoms with E-state index in [2.05, 4.69) is 15.6 Å². The quantitative estimate of drug-likeness (QED) is 0.661. The van der Waals surface area contributed by atoms with E-state index in [1.165, 1.54) is 13.3 Å². The van der Waals surface area contributed by atoms with Gasteiger partial charge in [0.15, 0.2) is 0 Å². The summed E-state index contributed by atoms with van der Waals surface area (Å²) in [5.41, 5.74) is 2.75. The lowest BCUT2D eigenvalue weighted by Crippen LogP contribution is -2.13. The molecule has 0 saturated carbocycles. The van der Waals surface area contributed by atoms with E-state index in [0.29, 0.717) is 33.8 Å². The number of hydrogen-bond acceptors (Lipinski definition) is 6. The molecule has 0 aliphatic rings. The zero-order valence-electron chi connectivity index (χ0n) is 15.0. The topological polar surface area (TPSA) is 104 Å². The zero-order valence-corrected chi connectivity index (χ0v) is 15.0. The number of pyridine rings is 1. The van der Waals surface area contributed by atoms with Gasteiger partial charge in [0.1, 0.15) is 6.07 Å². The Balaban J connectivity index is 1.78. The second kappa shape index (κ2) is 8.47. The fourth-order valence-corrected chi connectivity index (χ4v) is 2.53. The number of carbonyl (C=O) groups excluding carboxylic acids is 2. The van der Waals surface area contributed by atoms with E-state index in [0.717, 1.165) is 0 Å². The van der Waals surface area contributed by atoms with E-state index in [-0.39, 0.29) is 5.91 Å². The molecule has 3 aromatic rings. The van der Waals surface area contributed by atoms with Crippen LogP contribution in [-0.2, 0) is 4.74 Å². The number of carbonyl (C=O) groups is 2. The summed E-state index contributed by atoms with van der Waals surface area (Å²) in [5.74, 6) is -0.826. The number of methoxy groups -OCH3 is 1. The van der Waals surface area contributed by atoms with E-state index in [1.54, 1.807) is 60.8 Å². The molecule has 2 N–H and O–H groups in total. The van der Waals surface area contributed by atoms with Crippen molar-refractivity contribution in [3.05, 3.63) is 83.7 Å². The lowest BCUT2D eigenvalue weighted by Gasteiger charge is -2.10. The third-order valence-electron chi connectivity index (χ3n) is 3.87. The van der Waals surface area contributed by atoms with Crippen molar-refractivity contribution in [3.8, 4) is 6.07 Å². The molecule has 0 atom stereocenters. The van der Waals surface area contributed by atoms with Crippen molar-refractivity contribution < 1.29 is 14.3 Å². The van der Waals surface area contributed by atoms with Crippen LogP contribution in [0.5, 0.6) is 0 Å². The molecule has 2 aromatic carbocycles. The number of para-hydroxylation sites is 1. The number of nitriles is 1. The number of esters is 1. The van der Waals surface area contributed by atoms with Crippen LogP contribution in [0.3, 0.4) is 0 Å². The molecule has 28 heavy (non-hydrogen) atoms. The number of aromatic nitrogens is 1. The predicted molar refractivity (Wildman–Crippen MR) is 104 cm³/mol. The van der Waals surface area contributed by atoms with E-state index >= 15 is 0 Å². The van der Waals surface area contributed by atoms with Crippen molar-refractivity contribution in [3.63, 3.8) is 0 Å². The molecule has 3 rings (SSSR count). The van der Waals surface area contributed by atoms with Gasteiger partial charge in [0.25, 0.3) is 5.91 Å². The van der Waals surface area contributed by atoms with Crippen molar-refractivity contribution >= 4 is 28.9 Å². The number of nitrogens with one attached hydrogen (secondary N) is 2. The third-order valence-corrected chi connectivity index (χ3v) is 3.87. The number of hydrogen-bond donors (Lipinski definition) is 2. The van der Waals surface area contributed by atoms with E-state index in [1.807, 2.05) is 6.07 Å². The lowest BCUT2D eigenvalue weighted by molar-refractivity contribution is 0.0600. The van der Waals surface area contributed by atoms with Gasteiger partial charge in [0.2, 0.25) is 0 Å². The molecule has 7 heteroatoms. The first kappa shape index (κ1) is 18.6. The molecular weight excluding hydrogens is 356 g/mol. The van der Waals surface area contributed by atoms with Gasteiger partial charge in [-0.25, -0.2) is 4.79 Å². The van der Waals surface area contributed by atoms with Crippen LogP contribution in [0.2, 0.25) is 0 Å². The van der Waals surface area contributed by atoms with Gasteiger partial charge in [-0.05, 0) is 36.4 Å². The van der Waals surface area contributed by atoms with Gasteiger partial charge < -0.3 is 15.4 Å². The fourth-order valence-electron chi connectivity index (χ4n) is 2.53. The number of benzene rings is 2. The average Bonchev–Trinajstić information content (AvgIpc) is 2.74. The largest absolute Gasteiger partial charge is 0.465 e. The van der Waals surface area contributed by atoms with Crippen LogP contribution in [0.1, 0.15) is 26.3 Å². The van der Waals surface area contributed by atoms with Crippen molar-refractivity contribution in [1.29, 1.82) is 5.26 Å². The van der Waals surface area contributed by atoms with E-state index < -0.39 is 5.97 Å². The van der Waals surface area contributed by atoms with Crippen LogP contribution in [-0.4, -0.2) is 24.0 Å². The van der Waals surface area contributed by atoms with Crippen LogP contribution in [0, 0.1) is 11.3 Å². The highest BCUT2D eigenvalue weighted by Crippen LogP contribution is 2.20. The molecule has 138 valence electrons. The number of nitrogens with zero attached hydrogens (tertiary/aromatic N) is 2. The van der Waals surface area contributed by atoms with Crippen LogP contribution in [0.25, 0.3) is 0 Å². The molecule has 0 spiro atoms. The van der Waals surface area contributed by atoms with E-state index in [9.17, 15) is 9.59 Å². The molecule has 1 heterocycles. The Kier molecular flexibility index (Phi) is 5.63. The van der Waals surface area contributed by atoms with Gasteiger partial charge in [0.05, 0.1) is 41.4 Å². The molecular formula is C21H16N4O3. The number of ether oxygens (including phenoxy) is 1. The van der Waals surface area contributed by atoms with Crippen LogP contribution < -0.4 is 10.6 Å². The number of rotatable bonds is 5. The average molecular weight is 372 g/mol. The first-order valence-corrected chi connectivity index (χ1v) is 8.31. The molecule has 0 unspecified atom stereocenters. The second-order valence-corrected chi connectivity index (χ2v) is 5.77. The van der Waals surface area contributed by atoms with Crippen LogP contribution in [0.4, 0.5) is 17.1 Å². The molecule has 0 aliphatic carbocycles. The highest BCUT2D eigenvalue weighted by molar-refractivity contribution is 6.05. The van der Waals surface area contributed by atoms with Gasteiger partial charge in [-0.3, -0.25) is 9.78 Å². The minimum Gasteiger partial charge on any atom is -0.465 e. The maximum absolute atomic E-state index is 12.5. The summed E-state index contributed by atoms with van der Waals surface area (Å²) >= 11 is 0. The van der Waals surface area contributed by atoms with Gasteiger partial charge in [-0.15, -0.1) is 0 Å². The van der Waals surface area contributed by atoms with Gasteiger partial charge >= 0.3 is 5.97 Å². The van der Waals surface area contributed by atoms with Crippen molar-refractivity contribution in [2.24, 2.45) is 0 Å². The molecule has 0 fully saturated rings. The Labute approximate surface area is 161 Å². The smallest absolute Gasteiger partial charge is 0.337 e. The lowest BCUT2D eigenvalue weighted by atomic mass is 10.1. The van der Waals surface area contributed by atoms with Crippen LogP contribution in [0.15, 0.2) is 67.0 Å². The SMILES string of the molecule is COC(=O)c1cccc(Nc2cncc(C(=O)Nc3ccccc3C#N)c2)c1. The molecule has 7 nitrogen and oxygen atoms in total. The van der Waals surface area contributed by atoms with Crippen molar-refractivity contribution in [1.82, 2.24) is 4.98 Å². The highest BCUT2D eigenvalue weighted by atomic mass is 16.5. The Hall–Kier alpha value is -4.18. The summed E-state index contributed by atoms with van der Waals surface area (Å²) < 4.78 is 4.71. The summed E-state index contributed by atoms with van der Waals surface area (Å²) in [5, 5.41) is 14.9. The number of amides is 1. The first-order valence-electron chi connectivity index (χ1n) is 8.31. The highest BCUT2D eigenvalue weighted by Gasteiger charge is 2.11. The van der Waals surface area contributed by atoms with Crippen molar-refractivity contribution in [2.45, 2.75) is 0 Å². The Morgan fingerprint density at radius 1 is 1.00 bits per heavy atom. The second-order valence-electron chi connectivity index (χ2n) is 5.77. The summed E-state index contributed by atoms with van der Waals surface area (Å²) in [6.45, 7) is 0. The van der Waals surface area contributed by atoms with Gasteiger partial charge in [-0.1, -0.05) is 18.2 Å². The number of anilines is 3. The van der Waals surface area contributed by atoms with Gasteiger partial charge in [0, 0.05) is 11.9 Å². The standard InChI is InChI=1S/C21H16N4O3/c1-28-21(27)14-6-4-7-17(9-14)24-18-10-16(12-23-13-18)20(26)25-19-8-3-2-5-15(19)11-22/h2-10,12-13,24H,1H3,(H,25,26). The summed E-state index contributed by atoms with van der Waals surface area (Å²) in [7, 11) is 1.32. The summed E-state index contributed by atoms with van der Waals surface area (Å²) in [6, 6.07) is 17.2. The summed E-state index contributed by atoms with van der Waals surface area (Å²) in [4.78, 5) is 28.2. The summed E-state index contributed by atoms with van der Waals surface area (Å²) in [6.07, 6.45) is 2.99. The zero-order chi connectivity index (χ0) is 19.9. The van der Waals surface area contributed by atoms with Crippen molar-refractivity contribution in [2.75, 3.05) is 17.7 Å². The molecule has 0 aliphatic heterocycles. The Morgan fingerprint density at radius 2 is 1.79 bits per heavy atom. The van der Waals surface area contributed by atoms with Crippen LogP contribution >= 0.6 is 0 Å². The monoisotopic (exact) mass is 372 g/mol. The molecule has 0 saturated heterocycles. The Morgan fingerprint density at radius 3 is 2.57 bits per heavy atom. The maximum atomic E-state index is 12.5.